The lowest BCUT2D eigenvalue weighted by molar-refractivity contribution is -0.148. The van der Waals surface area contributed by atoms with E-state index in [2.05, 4.69) is 24.4 Å². The van der Waals surface area contributed by atoms with Crippen molar-refractivity contribution in [2.24, 2.45) is 0 Å². The van der Waals surface area contributed by atoms with E-state index < -0.39 is 0 Å². The van der Waals surface area contributed by atoms with E-state index in [0.29, 0.717) is 13.0 Å². The predicted molar refractivity (Wildman–Crippen MR) is 78.3 cm³/mol. The molecule has 1 aliphatic rings. The topological polar surface area (TPSA) is 49.4 Å². The van der Waals surface area contributed by atoms with Gasteiger partial charge in [-0.1, -0.05) is 31.2 Å². The number of hydrogen-bond acceptors (Lipinski definition) is 2. The molecule has 1 heterocycles. The third-order valence-corrected chi connectivity index (χ3v) is 4.04. The van der Waals surface area contributed by atoms with Crippen molar-refractivity contribution in [1.29, 1.82) is 0 Å². The lowest BCUT2D eigenvalue weighted by Gasteiger charge is -2.37. The molecule has 0 aliphatic carbocycles. The fourth-order valence-electron chi connectivity index (χ4n) is 2.60. The van der Waals surface area contributed by atoms with E-state index >= 15 is 0 Å². The summed E-state index contributed by atoms with van der Waals surface area (Å²) in [6.07, 6.45) is 1.42. The second-order valence-electron chi connectivity index (χ2n) is 5.35. The molecule has 2 amide bonds. The van der Waals surface area contributed by atoms with Crippen molar-refractivity contribution in [3.63, 3.8) is 0 Å². The van der Waals surface area contributed by atoms with Crippen LogP contribution in [-0.4, -0.2) is 35.3 Å². The van der Waals surface area contributed by atoms with Crippen LogP contribution < -0.4 is 5.32 Å². The van der Waals surface area contributed by atoms with E-state index in [4.69, 9.17) is 0 Å². The van der Waals surface area contributed by atoms with Gasteiger partial charge in [-0.15, -0.1) is 0 Å². The van der Waals surface area contributed by atoms with Crippen LogP contribution in [0.4, 0.5) is 0 Å². The molecule has 4 heteroatoms. The number of carbonyl (C=O) groups is 2. The molecule has 0 spiro atoms. The molecule has 0 bridgehead atoms. The molecule has 1 aromatic rings. The molecule has 4 nitrogen and oxygen atoms in total. The Kier molecular flexibility index (Phi) is 4.42. The lowest BCUT2D eigenvalue weighted by atomic mass is 10.0. The van der Waals surface area contributed by atoms with Crippen molar-refractivity contribution < 1.29 is 9.59 Å². The largest absolute Gasteiger partial charge is 0.343 e. The normalized spacial score (nSPS) is 22.9. The van der Waals surface area contributed by atoms with Crippen LogP contribution in [0.15, 0.2) is 24.3 Å². The summed E-state index contributed by atoms with van der Waals surface area (Å²) in [4.78, 5) is 25.9. The van der Waals surface area contributed by atoms with Crippen LogP contribution in [0.5, 0.6) is 0 Å². The molecule has 0 radical (unpaired) electrons. The van der Waals surface area contributed by atoms with Gasteiger partial charge in [-0.2, -0.15) is 0 Å². The summed E-state index contributed by atoms with van der Waals surface area (Å²) in [5.41, 5.74) is 2.45. The number of carbonyl (C=O) groups excluding carboxylic acids is 2. The number of rotatable bonds is 4. The third-order valence-electron chi connectivity index (χ3n) is 4.04. The average Bonchev–Trinajstić information content (AvgIpc) is 2.44. The monoisotopic (exact) mass is 274 g/mol. The van der Waals surface area contributed by atoms with Crippen LogP contribution >= 0.6 is 0 Å². The average molecular weight is 274 g/mol. The van der Waals surface area contributed by atoms with Gasteiger partial charge in [0.1, 0.15) is 12.1 Å². The first-order valence-electron chi connectivity index (χ1n) is 7.20. The first kappa shape index (κ1) is 14.6. The van der Waals surface area contributed by atoms with Crippen molar-refractivity contribution in [2.45, 2.75) is 45.7 Å². The van der Waals surface area contributed by atoms with Crippen LogP contribution in [0.1, 0.15) is 31.4 Å². The Bertz CT molecular complexity index is 513. The highest BCUT2D eigenvalue weighted by Crippen LogP contribution is 2.14. The predicted octanol–water partition coefficient (Wildman–Crippen LogP) is 1.66. The van der Waals surface area contributed by atoms with Gasteiger partial charge in [0.05, 0.1) is 0 Å². The number of amides is 2. The Hall–Kier alpha value is -1.84. The summed E-state index contributed by atoms with van der Waals surface area (Å²) in [7, 11) is 0. The summed E-state index contributed by atoms with van der Waals surface area (Å²) in [5, 5.41) is 2.77. The maximum absolute atomic E-state index is 12.3. The highest BCUT2D eigenvalue weighted by atomic mass is 16.2. The van der Waals surface area contributed by atoms with Gasteiger partial charge in [0.15, 0.2) is 0 Å². The maximum Gasteiger partial charge on any atom is 0.245 e. The molecule has 20 heavy (non-hydrogen) atoms. The van der Waals surface area contributed by atoms with E-state index in [0.717, 1.165) is 6.42 Å². The molecule has 0 saturated carbocycles. The minimum atomic E-state index is -0.380. The first-order chi connectivity index (χ1) is 9.54. The quantitative estimate of drug-likeness (QED) is 0.908. The minimum absolute atomic E-state index is 0.0354. The first-order valence-corrected chi connectivity index (χ1v) is 7.20. The number of nitrogens with one attached hydrogen (secondary N) is 1. The number of benzene rings is 1. The standard InChI is InChI=1S/C16H22N2O2/c1-4-14-16(20)18(12(3)15(19)17-14)10-9-13-8-6-5-7-11(13)2/h5-8,12,14H,4,9-10H2,1-3H3,(H,17,19). The molecule has 0 aromatic heterocycles. The van der Waals surface area contributed by atoms with Crippen LogP contribution in [-0.2, 0) is 16.0 Å². The van der Waals surface area contributed by atoms with Crippen LogP contribution in [0, 0.1) is 6.92 Å². The molecule has 1 N–H and O–H groups in total. The van der Waals surface area contributed by atoms with Crippen molar-refractivity contribution in [1.82, 2.24) is 10.2 Å². The molecule has 108 valence electrons. The zero-order valence-corrected chi connectivity index (χ0v) is 12.3. The molecular weight excluding hydrogens is 252 g/mol. The van der Waals surface area contributed by atoms with E-state index in [1.807, 2.05) is 19.1 Å². The van der Waals surface area contributed by atoms with Gasteiger partial charge in [0, 0.05) is 6.54 Å². The third kappa shape index (κ3) is 2.84. The zero-order valence-electron chi connectivity index (χ0n) is 12.3. The number of hydrogen-bond donors (Lipinski definition) is 1. The van der Waals surface area contributed by atoms with Gasteiger partial charge in [0.2, 0.25) is 11.8 Å². The van der Waals surface area contributed by atoms with Crippen LogP contribution in [0.2, 0.25) is 0 Å². The molecule has 2 atom stereocenters. The van der Waals surface area contributed by atoms with Crippen molar-refractivity contribution in [3.05, 3.63) is 35.4 Å². The Labute approximate surface area is 120 Å². The van der Waals surface area contributed by atoms with Gasteiger partial charge in [-0.05, 0) is 37.8 Å². The zero-order chi connectivity index (χ0) is 14.7. The Balaban J connectivity index is 2.08. The molecule has 2 unspecified atom stereocenters. The number of piperazine rings is 1. The molecule has 1 saturated heterocycles. The molecule has 1 fully saturated rings. The molecule has 1 aliphatic heterocycles. The Morgan fingerprint density at radius 1 is 1.25 bits per heavy atom. The van der Waals surface area contributed by atoms with Gasteiger partial charge < -0.3 is 10.2 Å². The number of nitrogens with zero attached hydrogens (tertiary/aromatic N) is 1. The van der Waals surface area contributed by atoms with Gasteiger partial charge in [0.25, 0.3) is 0 Å². The smallest absolute Gasteiger partial charge is 0.245 e. The minimum Gasteiger partial charge on any atom is -0.343 e. The summed E-state index contributed by atoms with van der Waals surface area (Å²) in [6.45, 7) is 6.36. The van der Waals surface area contributed by atoms with Gasteiger partial charge in [-0.3, -0.25) is 9.59 Å². The van der Waals surface area contributed by atoms with Gasteiger partial charge >= 0.3 is 0 Å². The van der Waals surface area contributed by atoms with E-state index in [1.54, 1.807) is 11.8 Å². The second-order valence-corrected chi connectivity index (χ2v) is 5.35. The van der Waals surface area contributed by atoms with Crippen LogP contribution in [0.3, 0.4) is 0 Å². The summed E-state index contributed by atoms with van der Waals surface area (Å²) < 4.78 is 0. The summed E-state index contributed by atoms with van der Waals surface area (Å²) in [5.74, 6) is -0.0191. The highest BCUT2D eigenvalue weighted by Gasteiger charge is 2.36. The fourth-order valence-corrected chi connectivity index (χ4v) is 2.60. The van der Waals surface area contributed by atoms with Crippen molar-refractivity contribution in [2.75, 3.05) is 6.54 Å². The van der Waals surface area contributed by atoms with Gasteiger partial charge in [-0.25, -0.2) is 0 Å². The van der Waals surface area contributed by atoms with E-state index in [-0.39, 0.29) is 23.9 Å². The Morgan fingerprint density at radius 2 is 1.95 bits per heavy atom. The SMILES string of the molecule is CCC1NC(=O)C(C)N(CCc2ccccc2C)C1=O. The molecular formula is C16H22N2O2. The second kappa shape index (κ2) is 6.07. The molecule has 2 rings (SSSR count). The summed E-state index contributed by atoms with van der Waals surface area (Å²) >= 11 is 0. The highest BCUT2D eigenvalue weighted by molar-refractivity contribution is 5.96. The summed E-state index contributed by atoms with van der Waals surface area (Å²) in [6, 6.07) is 7.41. The van der Waals surface area contributed by atoms with Crippen molar-refractivity contribution in [3.8, 4) is 0 Å². The maximum atomic E-state index is 12.3. The Morgan fingerprint density at radius 3 is 2.60 bits per heavy atom. The van der Waals surface area contributed by atoms with E-state index in [9.17, 15) is 9.59 Å². The lowest BCUT2D eigenvalue weighted by Crippen LogP contribution is -2.62. The molecule has 1 aromatic carbocycles. The van der Waals surface area contributed by atoms with Crippen molar-refractivity contribution >= 4 is 11.8 Å². The van der Waals surface area contributed by atoms with Crippen LogP contribution in [0.25, 0.3) is 0 Å². The number of aryl methyl sites for hydroxylation is 1. The van der Waals surface area contributed by atoms with E-state index in [1.165, 1.54) is 11.1 Å². The fraction of sp³-hybridized carbons (Fsp3) is 0.500.